The van der Waals surface area contributed by atoms with E-state index in [0.717, 1.165) is 5.56 Å². The molecule has 1 fully saturated rings. The molecule has 0 bridgehead atoms. The van der Waals surface area contributed by atoms with Gasteiger partial charge in [0.1, 0.15) is 5.82 Å². The summed E-state index contributed by atoms with van der Waals surface area (Å²) in [5, 5.41) is 0. The molecule has 0 unspecified atom stereocenters. The fourth-order valence-corrected chi connectivity index (χ4v) is 5.27. The molecule has 0 aliphatic carbocycles. The summed E-state index contributed by atoms with van der Waals surface area (Å²) >= 11 is 0. The van der Waals surface area contributed by atoms with Crippen LogP contribution < -0.4 is 4.90 Å². The largest absolute Gasteiger partial charge is 0.378 e. The van der Waals surface area contributed by atoms with Gasteiger partial charge < -0.3 is 14.5 Å². The molecular formula is C23H30FN3O4S. The van der Waals surface area contributed by atoms with Gasteiger partial charge in [0.05, 0.1) is 23.7 Å². The molecule has 9 heteroatoms. The van der Waals surface area contributed by atoms with Crippen molar-refractivity contribution in [1.29, 1.82) is 0 Å². The second kappa shape index (κ2) is 10.4. The Labute approximate surface area is 189 Å². The normalized spacial score (nSPS) is 14.6. The predicted octanol–water partition coefficient (Wildman–Crippen LogP) is 2.97. The third-order valence-electron chi connectivity index (χ3n) is 5.57. The number of hydrogen-bond donors (Lipinski definition) is 0. The average Bonchev–Trinajstić information content (AvgIpc) is 2.80. The topological polar surface area (TPSA) is 70.2 Å². The average molecular weight is 464 g/mol. The van der Waals surface area contributed by atoms with E-state index in [0.29, 0.717) is 50.6 Å². The van der Waals surface area contributed by atoms with Crippen molar-refractivity contribution in [2.45, 2.75) is 25.3 Å². The van der Waals surface area contributed by atoms with Gasteiger partial charge in [-0.25, -0.2) is 12.8 Å². The summed E-state index contributed by atoms with van der Waals surface area (Å²) < 4.78 is 46.2. The summed E-state index contributed by atoms with van der Waals surface area (Å²) in [5.41, 5.74) is 1.79. The van der Waals surface area contributed by atoms with Crippen LogP contribution in [0.5, 0.6) is 0 Å². The quantitative estimate of drug-likeness (QED) is 0.602. The standard InChI is InChI=1S/C23H30FN3O4S/c1-4-27(5-2)32(29,30)20-10-11-22(26-12-14-31-15-13-26)21(16-20)23(28)25(3)17-18-6-8-19(24)9-7-18/h6-11,16H,4-5,12-15,17H2,1-3H3. The molecule has 174 valence electrons. The molecule has 1 aliphatic rings. The van der Waals surface area contributed by atoms with Crippen molar-refractivity contribution in [3.8, 4) is 0 Å². The number of benzene rings is 2. The minimum atomic E-state index is -3.72. The van der Waals surface area contributed by atoms with Crippen LogP contribution in [0.2, 0.25) is 0 Å². The molecule has 0 spiro atoms. The first-order valence-electron chi connectivity index (χ1n) is 10.7. The summed E-state index contributed by atoms with van der Waals surface area (Å²) in [5.74, 6) is -0.640. The summed E-state index contributed by atoms with van der Waals surface area (Å²) in [6.45, 7) is 6.84. The molecule has 2 aromatic carbocycles. The second-order valence-corrected chi connectivity index (χ2v) is 9.59. The summed E-state index contributed by atoms with van der Waals surface area (Å²) in [4.78, 5) is 17.1. The number of ether oxygens (including phenoxy) is 1. The van der Waals surface area contributed by atoms with Crippen molar-refractivity contribution in [3.05, 3.63) is 59.4 Å². The zero-order valence-corrected chi connectivity index (χ0v) is 19.6. The number of nitrogens with zero attached hydrogens (tertiary/aromatic N) is 3. The smallest absolute Gasteiger partial charge is 0.256 e. The molecule has 2 aromatic rings. The van der Waals surface area contributed by atoms with Crippen LogP contribution in [0.25, 0.3) is 0 Å². The van der Waals surface area contributed by atoms with Crippen molar-refractivity contribution < 1.29 is 22.3 Å². The van der Waals surface area contributed by atoms with Crippen LogP contribution in [0.1, 0.15) is 29.8 Å². The van der Waals surface area contributed by atoms with Gasteiger partial charge >= 0.3 is 0 Å². The van der Waals surface area contributed by atoms with Crippen LogP contribution >= 0.6 is 0 Å². The second-order valence-electron chi connectivity index (χ2n) is 7.66. The molecule has 1 amide bonds. The molecule has 32 heavy (non-hydrogen) atoms. The van der Waals surface area contributed by atoms with E-state index in [9.17, 15) is 17.6 Å². The molecule has 0 atom stereocenters. The predicted molar refractivity (Wildman–Crippen MR) is 122 cm³/mol. The Morgan fingerprint density at radius 1 is 1.06 bits per heavy atom. The number of anilines is 1. The lowest BCUT2D eigenvalue weighted by Crippen LogP contribution is -2.38. The van der Waals surface area contributed by atoms with E-state index in [1.165, 1.54) is 27.4 Å². The van der Waals surface area contributed by atoms with Gasteiger partial charge in [-0.1, -0.05) is 26.0 Å². The monoisotopic (exact) mass is 463 g/mol. The van der Waals surface area contributed by atoms with E-state index < -0.39 is 10.0 Å². The van der Waals surface area contributed by atoms with Crippen molar-refractivity contribution in [2.24, 2.45) is 0 Å². The van der Waals surface area contributed by atoms with Gasteiger partial charge in [0, 0.05) is 45.5 Å². The minimum absolute atomic E-state index is 0.0942. The number of halogens is 1. The first-order chi connectivity index (χ1) is 15.3. The maximum absolute atomic E-state index is 13.5. The Hall–Kier alpha value is -2.49. The van der Waals surface area contributed by atoms with Crippen LogP contribution in [0.15, 0.2) is 47.4 Å². The van der Waals surface area contributed by atoms with Crippen LogP contribution in [-0.4, -0.2) is 70.0 Å². The Bertz CT molecular complexity index is 1030. The number of sulfonamides is 1. The highest BCUT2D eigenvalue weighted by molar-refractivity contribution is 7.89. The van der Waals surface area contributed by atoms with E-state index in [1.807, 2.05) is 4.90 Å². The Morgan fingerprint density at radius 2 is 1.69 bits per heavy atom. The van der Waals surface area contributed by atoms with Gasteiger partial charge in [0.2, 0.25) is 10.0 Å². The third-order valence-corrected chi connectivity index (χ3v) is 7.62. The molecule has 0 saturated carbocycles. The van der Waals surface area contributed by atoms with Crippen LogP contribution in [0.4, 0.5) is 10.1 Å². The number of carbonyl (C=O) groups excluding carboxylic acids is 1. The molecule has 1 heterocycles. The Kier molecular flexibility index (Phi) is 7.86. The molecule has 7 nitrogen and oxygen atoms in total. The Morgan fingerprint density at radius 3 is 2.28 bits per heavy atom. The van der Waals surface area contributed by atoms with Gasteiger partial charge in [-0.15, -0.1) is 0 Å². The maximum Gasteiger partial charge on any atom is 0.256 e. The number of morpholine rings is 1. The molecule has 1 saturated heterocycles. The lowest BCUT2D eigenvalue weighted by molar-refractivity contribution is 0.0784. The van der Waals surface area contributed by atoms with Crippen molar-refractivity contribution in [1.82, 2.24) is 9.21 Å². The highest BCUT2D eigenvalue weighted by Gasteiger charge is 2.27. The van der Waals surface area contributed by atoms with Crippen molar-refractivity contribution in [3.63, 3.8) is 0 Å². The van der Waals surface area contributed by atoms with E-state index in [1.54, 1.807) is 45.2 Å². The van der Waals surface area contributed by atoms with Gasteiger partial charge in [-0.05, 0) is 35.9 Å². The number of rotatable bonds is 8. The SMILES string of the molecule is CCN(CC)S(=O)(=O)c1ccc(N2CCOCC2)c(C(=O)N(C)Cc2ccc(F)cc2)c1. The van der Waals surface area contributed by atoms with Crippen molar-refractivity contribution >= 4 is 21.6 Å². The molecular weight excluding hydrogens is 433 g/mol. The van der Waals surface area contributed by atoms with E-state index in [-0.39, 0.29) is 23.2 Å². The van der Waals surface area contributed by atoms with Gasteiger partial charge in [0.15, 0.2) is 0 Å². The number of carbonyl (C=O) groups is 1. The van der Waals surface area contributed by atoms with Gasteiger partial charge in [-0.3, -0.25) is 4.79 Å². The van der Waals surface area contributed by atoms with E-state index >= 15 is 0 Å². The number of amides is 1. The van der Waals surface area contributed by atoms with Gasteiger partial charge in [-0.2, -0.15) is 4.31 Å². The van der Waals surface area contributed by atoms with Crippen molar-refractivity contribution in [2.75, 3.05) is 51.3 Å². The minimum Gasteiger partial charge on any atom is -0.378 e. The van der Waals surface area contributed by atoms with Gasteiger partial charge in [0.25, 0.3) is 5.91 Å². The zero-order valence-electron chi connectivity index (χ0n) is 18.8. The molecule has 1 aliphatic heterocycles. The van der Waals surface area contributed by atoms with Crippen LogP contribution in [-0.2, 0) is 21.3 Å². The Balaban J connectivity index is 1.99. The number of hydrogen-bond acceptors (Lipinski definition) is 5. The fraction of sp³-hybridized carbons (Fsp3) is 0.435. The molecule has 0 N–H and O–H groups in total. The highest BCUT2D eigenvalue weighted by atomic mass is 32.2. The maximum atomic E-state index is 13.5. The molecule has 0 radical (unpaired) electrons. The highest BCUT2D eigenvalue weighted by Crippen LogP contribution is 2.28. The van der Waals surface area contributed by atoms with Crippen LogP contribution in [0, 0.1) is 5.82 Å². The lowest BCUT2D eigenvalue weighted by atomic mass is 10.1. The molecule has 3 rings (SSSR count). The summed E-state index contributed by atoms with van der Waals surface area (Å²) in [7, 11) is -2.06. The molecule has 0 aromatic heterocycles. The summed E-state index contributed by atoms with van der Waals surface area (Å²) in [6, 6.07) is 10.7. The fourth-order valence-electron chi connectivity index (χ4n) is 3.78. The zero-order chi connectivity index (χ0) is 23.3. The van der Waals surface area contributed by atoms with Crippen LogP contribution in [0.3, 0.4) is 0 Å². The first-order valence-corrected chi connectivity index (χ1v) is 12.2. The summed E-state index contributed by atoms with van der Waals surface area (Å²) in [6.07, 6.45) is 0. The van der Waals surface area contributed by atoms with E-state index in [2.05, 4.69) is 0 Å². The lowest BCUT2D eigenvalue weighted by Gasteiger charge is -2.31. The third kappa shape index (κ3) is 5.28. The van der Waals surface area contributed by atoms with E-state index in [4.69, 9.17) is 4.74 Å². The first kappa shape index (κ1) is 24.2.